The molecule has 1 fully saturated rings. The number of benzene rings is 1. The predicted octanol–water partition coefficient (Wildman–Crippen LogP) is 2.47. The van der Waals surface area contributed by atoms with Crippen LogP contribution in [-0.4, -0.2) is 17.7 Å². The zero-order chi connectivity index (χ0) is 14.0. The molecule has 1 heterocycles. The van der Waals surface area contributed by atoms with E-state index in [1.807, 2.05) is 31.2 Å². The molecule has 0 saturated carbocycles. The minimum atomic E-state index is -1.20. The Labute approximate surface area is 112 Å². The standard InChI is InChI=1S/C15H16O4/c1-4-10-7-5-6-8-11(10)9-12-13(16)18-15(2,3)19-14(12)17/h5-9H,4H2,1-3H3. The van der Waals surface area contributed by atoms with Crippen LogP contribution in [-0.2, 0) is 25.5 Å². The molecule has 0 aromatic heterocycles. The topological polar surface area (TPSA) is 52.6 Å². The van der Waals surface area contributed by atoms with Crippen molar-refractivity contribution in [1.82, 2.24) is 0 Å². The quantitative estimate of drug-likeness (QED) is 0.465. The number of hydrogen-bond acceptors (Lipinski definition) is 4. The van der Waals surface area contributed by atoms with Crippen molar-refractivity contribution >= 4 is 18.0 Å². The highest BCUT2D eigenvalue weighted by Gasteiger charge is 2.38. The van der Waals surface area contributed by atoms with E-state index in [9.17, 15) is 9.59 Å². The number of aryl methyl sites for hydroxylation is 1. The van der Waals surface area contributed by atoms with Gasteiger partial charge < -0.3 is 9.47 Å². The summed E-state index contributed by atoms with van der Waals surface area (Å²) in [6.07, 6.45) is 2.34. The van der Waals surface area contributed by atoms with Gasteiger partial charge in [0.15, 0.2) is 0 Å². The van der Waals surface area contributed by atoms with E-state index < -0.39 is 17.7 Å². The highest BCUT2D eigenvalue weighted by molar-refractivity contribution is 6.18. The molecule has 0 N–H and O–H groups in total. The molecule has 100 valence electrons. The third kappa shape index (κ3) is 2.84. The van der Waals surface area contributed by atoms with Gasteiger partial charge in [-0.2, -0.15) is 0 Å². The van der Waals surface area contributed by atoms with Gasteiger partial charge in [0, 0.05) is 13.8 Å². The molecule has 1 aromatic rings. The Hall–Kier alpha value is -2.10. The van der Waals surface area contributed by atoms with Crippen LogP contribution in [0.25, 0.3) is 6.08 Å². The van der Waals surface area contributed by atoms with E-state index in [0.29, 0.717) is 0 Å². The molecule has 1 aromatic carbocycles. The number of rotatable bonds is 2. The zero-order valence-electron chi connectivity index (χ0n) is 11.2. The van der Waals surface area contributed by atoms with Gasteiger partial charge in [0.05, 0.1) is 0 Å². The van der Waals surface area contributed by atoms with Crippen LogP contribution in [0.15, 0.2) is 29.8 Å². The van der Waals surface area contributed by atoms with Crippen LogP contribution in [0.2, 0.25) is 0 Å². The first-order valence-corrected chi connectivity index (χ1v) is 6.19. The fraction of sp³-hybridized carbons (Fsp3) is 0.333. The second kappa shape index (κ2) is 4.88. The average Bonchev–Trinajstić information content (AvgIpc) is 2.33. The van der Waals surface area contributed by atoms with Gasteiger partial charge in [-0.1, -0.05) is 31.2 Å². The van der Waals surface area contributed by atoms with Crippen LogP contribution in [0.3, 0.4) is 0 Å². The average molecular weight is 260 g/mol. The summed E-state index contributed by atoms with van der Waals surface area (Å²) in [6.45, 7) is 5.07. The largest absolute Gasteiger partial charge is 0.419 e. The maximum atomic E-state index is 11.8. The van der Waals surface area contributed by atoms with E-state index in [4.69, 9.17) is 9.47 Å². The van der Waals surface area contributed by atoms with Gasteiger partial charge in [0.25, 0.3) is 5.79 Å². The van der Waals surface area contributed by atoms with Gasteiger partial charge in [-0.05, 0) is 23.6 Å². The van der Waals surface area contributed by atoms with Crippen LogP contribution in [0.1, 0.15) is 31.9 Å². The molecule has 0 atom stereocenters. The third-order valence-electron chi connectivity index (χ3n) is 2.85. The second-order valence-corrected chi connectivity index (χ2v) is 4.79. The van der Waals surface area contributed by atoms with Gasteiger partial charge in [-0.25, -0.2) is 9.59 Å². The molecule has 0 amide bonds. The zero-order valence-corrected chi connectivity index (χ0v) is 11.2. The molecule has 19 heavy (non-hydrogen) atoms. The van der Waals surface area contributed by atoms with Gasteiger partial charge in [-0.3, -0.25) is 0 Å². The second-order valence-electron chi connectivity index (χ2n) is 4.79. The number of cyclic esters (lactones) is 2. The summed E-state index contributed by atoms with van der Waals surface area (Å²) < 4.78 is 10.1. The molecule has 1 aliphatic rings. The monoisotopic (exact) mass is 260 g/mol. The van der Waals surface area contributed by atoms with E-state index in [2.05, 4.69) is 0 Å². The van der Waals surface area contributed by atoms with Crippen LogP contribution in [0.5, 0.6) is 0 Å². The minimum Gasteiger partial charge on any atom is -0.419 e. The van der Waals surface area contributed by atoms with E-state index in [1.165, 1.54) is 19.9 Å². The fourth-order valence-electron chi connectivity index (χ4n) is 1.93. The number of ether oxygens (including phenoxy) is 2. The Morgan fingerprint density at radius 2 is 1.68 bits per heavy atom. The molecule has 0 unspecified atom stereocenters. The lowest BCUT2D eigenvalue weighted by molar-refractivity contribution is -0.222. The van der Waals surface area contributed by atoms with Crippen molar-refractivity contribution in [3.05, 3.63) is 41.0 Å². The molecule has 4 nitrogen and oxygen atoms in total. The van der Waals surface area contributed by atoms with E-state index >= 15 is 0 Å². The van der Waals surface area contributed by atoms with E-state index in [-0.39, 0.29) is 5.57 Å². The van der Waals surface area contributed by atoms with Crippen molar-refractivity contribution in [2.24, 2.45) is 0 Å². The summed E-state index contributed by atoms with van der Waals surface area (Å²) in [7, 11) is 0. The normalized spacial score (nSPS) is 17.7. The van der Waals surface area contributed by atoms with Gasteiger partial charge in [0.2, 0.25) is 0 Å². The summed E-state index contributed by atoms with van der Waals surface area (Å²) in [5.74, 6) is -2.49. The fourth-order valence-corrected chi connectivity index (χ4v) is 1.93. The number of hydrogen-bond donors (Lipinski definition) is 0. The van der Waals surface area contributed by atoms with Crippen molar-refractivity contribution < 1.29 is 19.1 Å². The molecular weight excluding hydrogens is 244 g/mol. The maximum Gasteiger partial charge on any atom is 0.348 e. The van der Waals surface area contributed by atoms with E-state index in [0.717, 1.165) is 17.5 Å². The molecule has 0 bridgehead atoms. The molecule has 0 radical (unpaired) electrons. The minimum absolute atomic E-state index is 0.0692. The number of esters is 2. The molecule has 1 aliphatic heterocycles. The lowest BCUT2D eigenvalue weighted by Crippen LogP contribution is -2.41. The summed E-state index contributed by atoms with van der Waals surface area (Å²) in [4.78, 5) is 23.7. The molecular formula is C15H16O4. The van der Waals surface area contributed by atoms with Crippen LogP contribution >= 0.6 is 0 Å². The first kappa shape index (κ1) is 13.3. The Morgan fingerprint density at radius 3 is 2.26 bits per heavy atom. The van der Waals surface area contributed by atoms with Gasteiger partial charge in [-0.15, -0.1) is 0 Å². The summed E-state index contributed by atoms with van der Waals surface area (Å²) in [5.41, 5.74) is 1.81. The Morgan fingerprint density at radius 1 is 1.11 bits per heavy atom. The van der Waals surface area contributed by atoms with Crippen molar-refractivity contribution in [3.8, 4) is 0 Å². The molecule has 2 rings (SSSR count). The predicted molar refractivity (Wildman–Crippen MR) is 70.1 cm³/mol. The first-order chi connectivity index (χ1) is 8.93. The number of carbonyl (C=O) groups is 2. The van der Waals surface area contributed by atoms with Crippen LogP contribution in [0.4, 0.5) is 0 Å². The van der Waals surface area contributed by atoms with Crippen LogP contribution in [0, 0.1) is 0 Å². The van der Waals surface area contributed by atoms with Crippen molar-refractivity contribution in [2.45, 2.75) is 33.0 Å². The first-order valence-electron chi connectivity index (χ1n) is 6.19. The maximum absolute atomic E-state index is 11.8. The summed E-state index contributed by atoms with van der Waals surface area (Å²) in [6, 6.07) is 7.58. The summed E-state index contributed by atoms with van der Waals surface area (Å²) in [5, 5.41) is 0. The van der Waals surface area contributed by atoms with Gasteiger partial charge >= 0.3 is 11.9 Å². The smallest absolute Gasteiger partial charge is 0.348 e. The van der Waals surface area contributed by atoms with E-state index in [1.54, 1.807) is 0 Å². The Balaban J connectivity index is 2.38. The van der Waals surface area contributed by atoms with Crippen molar-refractivity contribution in [3.63, 3.8) is 0 Å². The van der Waals surface area contributed by atoms with Gasteiger partial charge in [0.1, 0.15) is 5.57 Å². The Bertz CT molecular complexity index is 533. The van der Waals surface area contributed by atoms with Crippen molar-refractivity contribution in [1.29, 1.82) is 0 Å². The molecule has 0 spiro atoms. The summed E-state index contributed by atoms with van der Waals surface area (Å²) >= 11 is 0. The SMILES string of the molecule is CCc1ccccc1C=C1C(=O)OC(C)(C)OC1=O. The number of carbonyl (C=O) groups excluding carboxylic acids is 2. The Kier molecular flexibility index (Phi) is 3.42. The molecule has 4 heteroatoms. The van der Waals surface area contributed by atoms with Crippen molar-refractivity contribution in [2.75, 3.05) is 0 Å². The van der Waals surface area contributed by atoms with Crippen LogP contribution < -0.4 is 0 Å². The lowest BCUT2D eigenvalue weighted by Gasteiger charge is -2.29. The molecule has 1 saturated heterocycles. The lowest BCUT2D eigenvalue weighted by atomic mass is 10.0. The third-order valence-corrected chi connectivity index (χ3v) is 2.85. The highest BCUT2D eigenvalue weighted by atomic mass is 16.7. The highest BCUT2D eigenvalue weighted by Crippen LogP contribution is 2.25. The molecule has 0 aliphatic carbocycles.